The Morgan fingerprint density at radius 1 is 1.28 bits per heavy atom. The zero-order valence-corrected chi connectivity index (χ0v) is 15.5. The van der Waals surface area contributed by atoms with Gasteiger partial charge in [0.1, 0.15) is 0 Å². The third-order valence-electron chi connectivity index (χ3n) is 3.28. The second kappa shape index (κ2) is 8.25. The zero-order valence-electron chi connectivity index (χ0n) is 13.1. The van der Waals surface area contributed by atoms with E-state index in [9.17, 15) is 13.2 Å². The van der Waals surface area contributed by atoms with Crippen molar-refractivity contribution in [2.75, 3.05) is 11.9 Å². The molecule has 2 rings (SSSR count). The first-order chi connectivity index (χ1) is 11.7. The molecule has 0 radical (unpaired) electrons. The zero-order chi connectivity index (χ0) is 18.6. The van der Waals surface area contributed by atoms with Gasteiger partial charge in [0.05, 0.1) is 10.7 Å². The maximum absolute atomic E-state index is 12.6. The summed E-state index contributed by atoms with van der Waals surface area (Å²) in [5.74, 6) is 0. The smallest absolute Gasteiger partial charge is 0.362 e. The lowest BCUT2D eigenvalue weighted by Crippen LogP contribution is -2.30. The third kappa shape index (κ3) is 5.76. The largest absolute Gasteiger partial charge is 0.435 e. The lowest BCUT2D eigenvalue weighted by atomic mass is 10.3. The summed E-state index contributed by atoms with van der Waals surface area (Å²) in [6.07, 6.45) is -3.89. The molecule has 0 bridgehead atoms. The van der Waals surface area contributed by atoms with Gasteiger partial charge in [0, 0.05) is 23.8 Å². The molecule has 2 aromatic rings. The molecule has 0 aliphatic carbocycles. The van der Waals surface area contributed by atoms with E-state index in [1.807, 2.05) is 0 Å². The average Bonchev–Trinajstić information content (AvgIpc) is 2.89. The Labute approximate surface area is 158 Å². The van der Waals surface area contributed by atoms with E-state index < -0.39 is 11.9 Å². The number of rotatable bonds is 5. The third-order valence-corrected chi connectivity index (χ3v) is 4.09. The summed E-state index contributed by atoms with van der Waals surface area (Å²) < 4.78 is 39.2. The van der Waals surface area contributed by atoms with Gasteiger partial charge in [-0.25, -0.2) is 0 Å². The van der Waals surface area contributed by atoms with Gasteiger partial charge in [-0.2, -0.15) is 18.3 Å². The van der Waals surface area contributed by atoms with E-state index in [-0.39, 0.29) is 0 Å². The molecule has 0 amide bonds. The lowest BCUT2D eigenvalue weighted by molar-refractivity contribution is -0.141. The van der Waals surface area contributed by atoms with Crippen LogP contribution in [0.25, 0.3) is 0 Å². The van der Waals surface area contributed by atoms with Gasteiger partial charge in [0.15, 0.2) is 10.8 Å². The van der Waals surface area contributed by atoms with Crippen LogP contribution in [0.3, 0.4) is 0 Å². The maximum atomic E-state index is 12.6. The first-order valence-electron chi connectivity index (χ1n) is 7.28. The van der Waals surface area contributed by atoms with Gasteiger partial charge >= 0.3 is 6.18 Å². The van der Waals surface area contributed by atoms with E-state index in [4.69, 9.17) is 35.4 Å². The molecule has 1 aromatic carbocycles. The molecule has 0 atom stereocenters. The molecule has 0 aliphatic heterocycles. The van der Waals surface area contributed by atoms with Gasteiger partial charge in [-0.1, -0.05) is 23.2 Å². The predicted molar refractivity (Wildman–Crippen MR) is 97.3 cm³/mol. The predicted octanol–water partition coefficient (Wildman–Crippen LogP) is 4.89. The lowest BCUT2D eigenvalue weighted by Gasteiger charge is -2.12. The van der Waals surface area contributed by atoms with Crippen molar-refractivity contribution in [3.05, 3.63) is 45.7 Å². The van der Waals surface area contributed by atoms with Crippen molar-refractivity contribution in [3.8, 4) is 0 Å². The molecule has 1 heterocycles. The Morgan fingerprint density at radius 3 is 2.64 bits per heavy atom. The molecule has 136 valence electrons. The molecule has 25 heavy (non-hydrogen) atoms. The summed E-state index contributed by atoms with van der Waals surface area (Å²) in [7, 11) is 0. The quantitative estimate of drug-likeness (QED) is 0.543. The highest BCUT2D eigenvalue weighted by atomic mass is 35.5. The van der Waals surface area contributed by atoms with Crippen molar-refractivity contribution in [1.82, 2.24) is 15.1 Å². The molecular formula is C15H15Cl2F3N4S. The molecule has 2 N–H and O–H groups in total. The molecule has 0 saturated carbocycles. The summed E-state index contributed by atoms with van der Waals surface area (Å²) in [6, 6.07) is 5.98. The van der Waals surface area contributed by atoms with Crippen LogP contribution >= 0.6 is 35.4 Å². The minimum atomic E-state index is -4.43. The Balaban J connectivity index is 1.80. The number of hydrogen-bond acceptors (Lipinski definition) is 2. The highest BCUT2D eigenvalue weighted by molar-refractivity contribution is 7.80. The van der Waals surface area contributed by atoms with Gasteiger partial charge < -0.3 is 10.6 Å². The molecule has 10 heteroatoms. The van der Waals surface area contributed by atoms with Gasteiger partial charge in [-0.3, -0.25) is 4.68 Å². The second-order valence-corrected chi connectivity index (χ2v) is 6.50. The van der Waals surface area contributed by atoms with Crippen LogP contribution in [-0.4, -0.2) is 21.4 Å². The van der Waals surface area contributed by atoms with E-state index in [1.165, 1.54) is 4.68 Å². The number of alkyl halides is 3. The fourth-order valence-corrected chi connectivity index (χ4v) is 2.61. The molecule has 0 unspecified atom stereocenters. The average molecular weight is 411 g/mol. The Kier molecular flexibility index (Phi) is 6.53. The summed E-state index contributed by atoms with van der Waals surface area (Å²) in [6.45, 7) is 2.39. The van der Waals surface area contributed by atoms with Gasteiger partial charge in [0.25, 0.3) is 0 Å². The minimum absolute atomic E-state index is 0.343. The summed E-state index contributed by atoms with van der Waals surface area (Å²) in [5.41, 5.74) is 0.147. The fourth-order valence-electron chi connectivity index (χ4n) is 2.07. The Bertz CT molecular complexity index is 762. The van der Waals surface area contributed by atoms with Crippen LogP contribution in [0.1, 0.15) is 17.8 Å². The molecule has 0 aliphatic rings. The molecule has 0 saturated heterocycles. The fraction of sp³-hybridized carbons (Fsp3) is 0.333. The van der Waals surface area contributed by atoms with E-state index in [0.29, 0.717) is 46.0 Å². The van der Waals surface area contributed by atoms with Crippen LogP contribution in [0, 0.1) is 6.92 Å². The van der Waals surface area contributed by atoms with Gasteiger partial charge in [-0.15, -0.1) is 0 Å². The molecule has 0 fully saturated rings. The van der Waals surface area contributed by atoms with Gasteiger partial charge in [0.2, 0.25) is 0 Å². The number of aromatic nitrogens is 2. The van der Waals surface area contributed by atoms with Crippen LogP contribution in [0.15, 0.2) is 24.3 Å². The van der Waals surface area contributed by atoms with Crippen LogP contribution < -0.4 is 10.6 Å². The number of halogens is 5. The highest BCUT2D eigenvalue weighted by Gasteiger charge is 2.34. The van der Waals surface area contributed by atoms with Crippen molar-refractivity contribution in [1.29, 1.82) is 0 Å². The van der Waals surface area contributed by atoms with Crippen LogP contribution in [0.2, 0.25) is 10.0 Å². The normalized spacial score (nSPS) is 11.4. The SMILES string of the molecule is Cc1cc(C(F)(F)F)nn1CCCNC(=S)Nc1cc(Cl)ccc1Cl. The van der Waals surface area contributed by atoms with Crippen molar-refractivity contribution in [2.24, 2.45) is 0 Å². The molecule has 1 aromatic heterocycles. The maximum Gasteiger partial charge on any atom is 0.435 e. The topological polar surface area (TPSA) is 41.9 Å². The standard InChI is InChI=1S/C15H15Cl2F3N4S/c1-9-7-13(15(18,19)20)23-24(9)6-2-5-21-14(25)22-12-8-10(16)3-4-11(12)17/h3-4,7-8H,2,5-6H2,1H3,(H2,21,22,25). The first kappa shape index (κ1) is 19.8. The molecular weight excluding hydrogens is 396 g/mol. The van der Waals surface area contributed by atoms with E-state index >= 15 is 0 Å². The second-order valence-electron chi connectivity index (χ2n) is 5.25. The van der Waals surface area contributed by atoms with E-state index in [1.54, 1.807) is 25.1 Å². The van der Waals surface area contributed by atoms with Crippen LogP contribution in [0.4, 0.5) is 18.9 Å². The number of thiocarbonyl (C=S) groups is 1. The van der Waals surface area contributed by atoms with Crippen molar-refractivity contribution in [2.45, 2.75) is 26.1 Å². The molecule has 0 spiro atoms. The van der Waals surface area contributed by atoms with Gasteiger partial charge in [-0.05, 0) is 49.8 Å². The van der Waals surface area contributed by atoms with Crippen molar-refractivity contribution in [3.63, 3.8) is 0 Å². The molecule has 4 nitrogen and oxygen atoms in total. The monoisotopic (exact) mass is 410 g/mol. The first-order valence-corrected chi connectivity index (χ1v) is 8.45. The summed E-state index contributed by atoms with van der Waals surface area (Å²) >= 11 is 17.1. The number of hydrogen-bond donors (Lipinski definition) is 2. The van der Waals surface area contributed by atoms with Crippen LogP contribution in [-0.2, 0) is 12.7 Å². The summed E-state index contributed by atoms with van der Waals surface area (Å²) in [4.78, 5) is 0. The van der Waals surface area contributed by atoms with Crippen LogP contribution in [0.5, 0.6) is 0 Å². The van der Waals surface area contributed by atoms with Crippen molar-refractivity contribution < 1.29 is 13.2 Å². The number of nitrogens with zero attached hydrogens (tertiary/aromatic N) is 2. The summed E-state index contributed by atoms with van der Waals surface area (Å²) in [5, 5.41) is 10.8. The van der Waals surface area contributed by atoms with E-state index in [0.717, 1.165) is 6.07 Å². The Hall–Kier alpha value is -1.51. The van der Waals surface area contributed by atoms with E-state index in [2.05, 4.69) is 15.7 Å². The number of benzene rings is 1. The number of aryl methyl sites for hydroxylation is 2. The highest BCUT2D eigenvalue weighted by Crippen LogP contribution is 2.28. The minimum Gasteiger partial charge on any atom is -0.362 e. The number of nitrogens with one attached hydrogen (secondary N) is 2. The number of anilines is 1. The van der Waals surface area contributed by atoms with Crippen molar-refractivity contribution >= 4 is 46.2 Å². The Morgan fingerprint density at radius 2 is 2.00 bits per heavy atom.